The SMILES string of the molecule is CCC1(C(=O)NC(C)c2ncc(C)s2)CCCN1. The lowest BCUT2D eigenvalue weighted by atomic mass is 9.93. The molecule has 1 saturated heterocycles. The maximum Gasteiger partial charge on any atom is 0.240 e. The van der Waals surface area contributed by atoms with Gasteiger partial charge in [0.05, 0.1) is 11.6 Å². The van der Waals surface area contributed by atoms with E-state index in [2.05, 4.69) is 22.5 Å². The smallest absolute Gasteiger partial charge is 0.240 e. The Labute approximate surface area is 112 Å². The van der Waals surface area contributed by atoms with E-state index in [0.29, 0.717) is 0 Å². The van der Waals surface area contributed by atoms with Crippen molar-refractivity contribution < 1.29 is 4.79 Å². The highest BCUT2D eigenvalue weighted by atomic mass is 32.1. The van der Waals surface area contributed by atoms with Crippen molar-refractivity contribution in [1.29, 1.82) is 0 Å². The van der Waals surface area contributed by atoms with Crippen LogP contribution in [0, 0.1) is 6.92 Å². The summed E-state index contributed by atoms with van der Waals surface area (Å²) in [4.78, 5) is 17.9. The molecule has 2 heterocycles. The predicted octanol–water partition coefficient (Wildman–Crippen LogP) is 2.16. The molecule has 0 aromatic carbocycles. The van der Waals surface area contributed by atoms with Crippen molar-refractivity contribution in [1.82, 2.24) is 15.6 Å². The Balaban J connectivity index is 2.02. The average Bonchev–Trinajstić information content (AvgIpc) is 2.97. The largest absolute Gasteiger partial charge is 0.346 e. The molecule has 1 fully saturated rings. The average molecular weight is 267 g/mol. The summed E-state index contributed by atoms with van der Waals surface area (Å²) < 4.78 is 0. The number of nitrogens with zero attached hydrogens (tertiary/aromatic N) is 1. The van der Waals surface area contributed by atoms with Crippen LogP contribution in [0.2, 0.25) is 0 Å². The monoisotopic (exact) mass is 267 g/mol. The van der Waals surface area contributed by atoms with Gasteiger partial charge in [-0.3, -0.25) is 4.79 Å². The fraction of sp³-hybridized carbons (Fsp3) is 0.692. The van der Waals surface area contributed by atoms with Gasteiger partial charge in [-0.2, -0.15) is 0 Å². The normalized spacial score (nSPS) is 25.1. The maximum atomic E-state index is 12.4. The van der Waals surface area contributed by atoms with Crippen molar-refractivity contribution in [3.05, 3.63) is 16.1 Å². The van der Waals surface area contributed by atoms with Gasteiger partial charge in [0.2, 0.25) is 5.91 Å². The zero-order valence-corrected chi connectivity index (χ0v) is 12.1. The van der Waals surface area contributed by atoms with Gasteiger partial charge < -0.3 is 10.6 Å². The number of aromatic nitrogens is 1. The second-order valence-corrected chi connectivity index (χ2v) is 6.24. The Kier molecular flexibility index (Phi) is 4.02. The van der Waals surface area contributed by atoms with E-state index < -0.39 is 0 Å². The number of amides is 1. The Morgan fingerprint density at radius 1 is 1.72 bits per heavy atom. The lowest BCUT2D eigenvalue weighted by Crippen LogP contribution is -2.53. The molecule has 1 aromatic heterocycles. The number of rotatable bonds is 4. The first kappa shape index (κ1) is 13.5. The Bertz CT molecular complexity index is 424. The first-order chi connectivity index (χ1) is 8.57. The number of thiazole rings is 1. The van der Waals surface area contributed by atoms with Crippen molar-refractivity contribution in [3.63, 3.8) is 0 Å². The van der Waals surface area contributed by atoms with Gasteiger partial charge in [0.1, 0.15) is 5.01 Å². The number of carbonyl (C=O) groups is 1. The van der Waals surface area contributed by atoms with Crippen LogP contribution in [0.5, 0.6) is 0 Å². The molecular weight excluding hydrogens is 246 g/mol. The van der Waals surface area contributed by atoms with Crippen LogP contribution in [-0.2, 0) is 4.79 Å². The fourth-order valence-electron chi connectivity index (χ4n) is 2.43. The summed E-state index contributed by atoms with van der Waals surface area (Å²) in [5, 5.41) is 7.42. The van der Waals surface area contributed by atoms with Crippen LogP contribution in [0.3, 0.4) is 0 Å². The molecule has 5 heteroatoms. The highest BCUT2D eigenvalue weighted by Gasteiger charge is 2.39. The highest BCUT2D eigenvalue weighted by molar-refractivity contribution is 7.11. The standard InChI is InChI=1S/C13H21N3OS/c1-4-13(6-5-7-15-13)12(17)16-10(3)11-14-8-9(2)18-11/h8,10,15H,4-7H2,1-3H3,(H,16,17). The number of aryl methyl sites for hydroxylation is 1. The molecule has 2 unspecified atom stereocenters. The van der Waals surface area contributed by atoms with Gasteiger partial charge in [-0.1, -0.05) is 6.92 Å². The topological polar surface area (TPSA) is 54.0 Å². The third-order valence-corrected chi connectivity index (χ3v) is 4.73. The molecule has 0 saturated carbocycles. The molecule has 0 radical (unpaired) electrons. The number of hydrogen-bond donors (Lipinski definition) is 2. The molecule has 2 rings (SSSR count). The molecule has 0 aliphatic carbocycles. The summed E-state index contributed by atoms with van der Waals surface area (Å²) in [5.74, 6) is 0.114. The molecule has 18 heavy (non-hydrogen) atoms. The van der Waals surface area contributed by atoms with Crippen molar-refractivity contribution >= 4 is 17.2 Å². The second-order valence-electron chi connectivity index (χ2n) is 4.97. The van der Waals surface area contributed by atoms with E-state index in [0.717, 1.165) is 30.8 Å². The zero-order valence-electron chi connectivity index (χ0n) is 11.2. The third kappa shape index (κ3) is 2.57. The van der Waals surface area contributed by atoms with E-state index in [1.807, 2.05) is 20.0 Å². The maximum absolute atomic E-state index is 12.4. The van der Waals surface area contributed by atoms with Gasteiger partial charge in [0.15, 0.2) is 0 Å². The van der Waals surface area contributed by atoms with Crippen LogP contribution >= 0.6 is 11.3 Å². The number of carbonyl (C=O) groups excluding carboxylic acids is 1. The molecule has 1 amide bonds. The summed E-state index contributed by atoms with van der Waals surface area (Å²) >= 11 is 1.64. The molecule has 1 aliphatic rings. The minimum Gasteiger partial charge on any atom is -0.346 e. The minimum absolute atomic E-state index is 0.0120. The van der Waals surface area contributed by atoms with E-state index >= 15 is 0 Å². The fourth-order valence-corrected chi connectivity index (χ4v) is 3.21. The summed E-state index contributed by atoms with van der Waals surface area (Å²) in [6.45, 7) is 7.03. The molecule has 2 atom stereocenters. The lowest BCUT2D eigenvalue weighted by molar-refractivity contribution is -0.128. The summed E-state index contributed by atoms with van der Waals surface area (Å²) in [5.41, 5.74) is -0.361. The van der Waals surface area contributed by atoms with Crippen LogP contribution < -0.4 is 10.6 Å². The van der Waals surface area contributed by atoms with E-state index in [4.69, 9.17) is 0 Å². The molecule has 0 bridgehead atoms. The molecule has 2 N–H and O–H groups in total. The molecule has 1 aliphatic heterocycles. The highest BCUT2D eigenvalue weighted by Crippen LogP contribution is 2.25. The van der Waals surface area contributed by atoms with Gasteiger partial charge in [0.25, 0.3) is 0 Å². The van der Waals surface area contributed by atoms with Gasteiger partial charge in [-0.25, -0.2) is 4.98 Å². The van der Waals surface area contributed by atoms with Crippen LogP contribution in [0.25, 0.3) is 0 Å². The Hall–Kier alpha value is -0.940. The van der Waals surface area contributed by atoms with Crippen molar-refractivity contribution in [2.45, 2.75) is 51.6 Å². The van der Waals surface area contributed by atoms with E-state index in [-0.39, 0.29) is 17.5 Å². The zero-order chi connectivity index (χ0) is 13.2. The molecular formula is C13H21N3OS. The minimum atomic E-state index is -0.361. The Morgan fingerprint density at radius 3 is 3.00 bits per heavy atom. The molecule has 1 aromatic rings. The second kappa shape index (κ2) is 5.36. The van der Waals surface area contributed by atoms with Gasteiger partial charge in [-0.05, 0) is 39.7 Å². The summed E-state index contributed by atoms with van der Waals surface area (Å²) in [6.07, 6.45) is 4.69. The van der Waals surface area contributed by atoms with Crippen LogP contribution in [0.15, 0.2) is 6.20 Å². The Morgan fingerprint density at radius 2 is 2.50 bits per heavy atom. The molecule has 4 nitrogen and oxygen atoms in total. The van der Waals surface area contributed by atoms with Crippen molar-refractivity contribution in [3.8, 4) is 0 Å². The molecule has 0 spiro atoms. The first-order valence-corrected chi connectivity index (χ1v) is 7.37. The van der Waals surface area contributed by atoms with Crippen LogP contribution in [0.1, 0.15) is 49.0 Å². The predicted molar refractivity (Wildman–Crippen MR) is 73.7 cm³/mol. The van der Waals surface area contributed by atoms with Gasteiger partial charge in [0, 0.05) is 11.1 Å². The van der Waals surface area contributed by atoms with Crippen LogP contribution in [0.4, 0.5) is 0 Å². The quantitative estimate of drug-likeness (QED) is 0.879. The molecule has 100 valence electrons. The van der Waals surface area contributed by atoms with Crippen molar-refractivity contribution in [2.24, 2.45) is 0 Å². The van der Waals surface area contributed by atoms with E-state index in [1.54, 1.807) is 11.3 Å². The summed E-state index contributed by atoms with van der Waals surface area (Å²) in [6, 6.07) is -0.0120. The third-order valence-electron chi connectivity index (χ3n) is 3.64. The van der Waals surface area contributed by atoms with Crippen molar-refractivity contribution in [2.75, 3.05) is 6.54 Å². The van der Waals surface area contributed by atoms with Crippen LogP contribution in [-0.4, -0.2) is 23.0 Å². The number of nitrogens with one attached hydrogen (secondary N) is 2. The lowest BCUT2D eigenvalue weighted by Gasteiger charge is -2.28. The first-order valence-electron chi connectivity index (χ1n) is 6.56. The van der Waals surface area contributed by atoms with E-state index in [1.165, 1.54) is 4.88 Å². The van der Waals surface area contributed by atoms with E-state index in [9.17, 15) is 4.79 Å². The summed E-state index contributed by atoms with van der Waals surface area (Å²) in [7, 11) is 0. The van der Waals surface area contributed by atoms with Gasteiger partial charge >= 0.3 is 0 Å². The number of hydrogen-bond acceptors (Lipinski definition) is 4. The van der Waals surface area contributed by atoms with Gasteiger partial charge in [-0.15, -0.1) is 11.3 Å².